The molecule has 0 aliphatic rings. The van der Waals surface area contributed by atoms with E-state index in [1.807, 2.05) is 19.1 Å². The molecule has 1 aromatic carbocycles. The van der Waals surface area contributed by atoms with Gasteiger partial charge in [0.25, 0.3) is 0 Å². The molecule has 4 nitrogen and oxygen atoms in total. The lowest BCUT2D eigenvalue weighted by Gasteiger charge is -2.11. The minimum absolute atomic E-state index is 0. The van der Waals surface area contributed by atoms with Crippen molar-refractivity contribution >= 4 is 29.9 Å². The first-order valence-electron chi connectivity index (χ1n) is 7.48. The zero-order valence-corrected chi connectivity index (χ0v) is 15.6. The van der Waals surface area contributed by atoms with Crippen LogP contribution in [0.2, 0.25) is 0 Å². The molecule has 0 atom stereocenters. The fourth-order valence-electron chi connectivity index (χ4n) is 1.81. The molecule has 0 unspecified atom stereocenters. The normalized spacial score (nSPS) is 10.9. The van der Waals surface area contributed by atoms with Crippen molar-refractivity contribution in [2.24, 2.45) is 4.99 Å². The molecular weight excluding hydrogens is 377 g/mol. The molecule has 0 saturated carbocycles. The van der Waals surface area contributed by atoms with Gasteiger partial charge in [-0.2, -0.15) is 0 Å². The number of rotatable bonds is 8. The summed E-state index contributed by atoms with van der Waals surface area (Å²) in [6.45, 7) is 10.1. The number of nitrogens with zero attached hydrogens (tertiary/aromatic N) is 1. The van der Waals surface area contributed by atoms with E-state index in [1.54, 1.807) is 0 Å². The predicted octanol–water partition coefficient (Wildman–Crippen LogP) is 3.31. The van der Waals surface area contributed by atoms with Crippen LogP contribution in [-0.4, -0.2) is 25.7 Å². The average molecular weight is 405 g/mol. The fourth-order valence-corrected chi connectivity index (χ4v) is 1.81. The van der Waals surface area contributed by atoms with Crippen LogP contribution < -0.4 is 10.6 Å². The van der Waals surface area contributed by atoms with Crippen molar-refractivity contribution in [1.29, 1.82) is 0 Å². The summed E-state index contributed by atoms with van der Waals surface area (Å²) in [5.74, 6) is 0.876. The van der Waals surface area contributed by atoms with Crippen molar-refractivity contribution in [3.63, 3.8) is 0 Å². The minimum atomic E-state index is 0. The van der Waals surface area contributed by atoms with Gasteiger partial charge >= 0.3 is 0 Å². The highest BCUT2D eigenvalue weighted by Gasteiger charge is 2.02. The quantitative estimate of drug-likeness (QED) is 0.396. The summed E-state index contributed by atoms with van der Waals surface area (Å²) in [5, 5.41) is 6.57. The van der Waals surface area contributed by atoms with Crippen molar-refractivity contribution in [2.75, 3.05) is 19.7 Å². The number of guanidine groups is 1. The molecule has 1 rings (SSSR count). The fraction of sp³-hybridized carbons (Fsp3) is 0.562. The van der Waals surface area contributed by atoms with Crippen LogP contribution in [0.25, 0.3) is 0 Å². The molecular formula is C16H28IN3O. The minimum Gasteiger partial charge on any atom is -0.377 e. The van der Waals surface area contributed by atoms with Crippen LogP contribution in [0.1, 0.15) is 38.3 Å². The molecule has 0 aliphatic heterocycles. The maximum atomic E-state index is 5.50. The first-order valence-corrected chi connectivity index (χ1v) is 7.48. The highest BCUT2D eigenvalue weighted by Crippen LogP contribution is 2.11. The number of ether oxygens (including phenoxy) is 1. The number of aliphatic imine (C=N–C) groups is 1. The lowest BCUT2D eigenvalue weighted by molar-refractivity contribution is 0.133. The largest absolute Gasteiger partial charge is 0.377 e. The molecule has 2 N–H and O–H groups in total. The van der Waals surface area contributed by atoms with Crippen molar-refractivity contribution in [3.8, 4) is 0 Å². The first-order chi connectivity index (χ1) is 9.81. The van der Waals surface area contributed by atoms with Gasteiger partial charge in [-0.25, -0.2) is 4.99 Å². The Hall–Kier alpha value is -0.820. The topological polar surface area (TPSA) is 45.7 Å². The summed E-state index contributed by atoms with van der Waals surface area (Å²) < 4.78 is 5.50. The molecule has 0 saturated heterocycles. The molecule has 21 heavy (non-hydrogen) atoms. The summed E-state index contributed by atoms with van der Waals surface area (Å²) in [6, 6.07) is 8.31. The molecule has 0 radical (unpaired) electrons. The Morgan fingerprint density at radius 3 is 2.43 bits per heavy atom. The van der Waals surface area contributed by atoms with Crippen molar-refractivity contribution in [2.45, 2.75) is 40.3 Å². The van der Waals surface area contributed by atoms with Gasteiger partial charge in [0, 0.05) is 19.7 Å². The van der Waals surface area contributed by atoms with E-state index >= 15 is 0 Å². The molecule has 0 heterocycles. The maximum Gasteiger partial charge on any atom is 0.191 e. The third kappa shape index (κ3) is 8.26. The van der Waals surface area contributed by atoms with Gasteiger partial charge in [0.15, 0.2) is 5.96 Å². The first kappa shape index (κ1) is 20.2. The van der Waals surface area contributed by atoms with E-state index in [4.69, 9.17) is 4.74 Å². The second-order valence-corrected chi connectivity index (χ2v) is 4.53. The molecule has 0 spiro atoms. The zero-order valence-electron chi connectivity index (χ0n) is 13.3. The predicted molar refractivity (Wildman–Crippen MR) is 100 cm³/mol. The number of halogens is 1. The zero-order chi connectivity index (χ0) is 14.6. The molecule has 0 bridgehead atoms. The highest BCUT2D eigenvalue weighted by atomic mass is 127. The van der Waals surface area contributed by atoms with Gasteiger partial charge in [0.05, 0.1) is 13.2 Å². The van der Waals surface area contributed by atoms with E-state index in [0.717, 1.165) is 32.1 Å². The van der Waals surface area contributed by atoms with Crippen LogP contribution in [-0.2, 0) is 17.9 Å². The number of benzene rings is 1. The molecule has 1 aromatic rings. The average Bonchev–Trinajstić information content (AvgIpc) is 2.48. The smallest absolute Gasteiger partial charge is 0.191 e. The second-order valence-electron chi connectivity index (χ2n) is 4.53. The van der Waals surface area contributed by atoms with Crippen LogP contribution in [0.15, 0.2) is 29.3 Å². The van der Waals surface area contributed by atoms with Crippen LogP contribution in [0.4, 0.5) is 0 Å². The Labute approximate surface area is 145 Å². The van der Waals surface area contributed by atoms with E-state index in [0.29, 0.717) is 13.2 Å². The van der Waals surface area contributed by atoms with E-state index in [9.17, 15) is 0 Å². The summed E-state index contributed by atoms with van der Waals surface area (Å²) in [7, 11) is 0. The third-order valence-corrected chi connectivity index (χ3v) is 2.87. The van der Waals surface area contributed by atoms with Gasteiger partial charge in [-0.15, -0.1) is 24.0 Å². The van der Waals surface area contributed by atoms with E-state index in [1.165, 1.54) is 11.1 Å². The summed E-state index contributed by atoms with van der Waals surface area (Å²) in [4.78, 5) is 4.63. The Balaban J connectivity index is 0.00000400. The second kappa shape index (κ2) is 12.9. The van der Waals surface area contributed by atoms with Crippen LogP contribution in [0.3, 0.4) is 0 Å². The van der Waals surface area contributed by atoms with Crippen molar-refractivity contribution in [3.05, 3.63) is 35.4 Å². The standard InChI is InChI=1S/C16H27N3O.HI/c1-4-11-18-16(17-5-2)19-12-14-9-7-8-10-15(14)13-20-6-3;/h7-10H,4-6,11-13H2,1-3H3,(H2,17,18,19);1H. The molecule has 5 heteroatoms. The maximum absolute atomic E-state index is 5.50. The molecule has 0 aliphatic carbocycles. The van der Waals surface area contributed by atoms with Crippen molar-refractivity contribution in [1.82, 2.24) is 10.6 Å². The monoisotopic (exact) mass is 405 g/mol. The van der Waals surface area contributed by atoms with E-state index in [-0.39, 0.29) is 24.0 Å². The molecule has 120 valence electrons. The Kier molecular flexibility index (Phi) is 12.4. The number of nitrogens with one attached hydrogen (secondary N) is 2. The summed E-state index contributed by atoms with van der Waals surface area (Å²) in [6.07, 6.45) is 1.09. The Morgan fingerprint density at radius 1 is 1.10 bits per heavy atom. The van der Waals surface area contributed by atoms with Gasteiger partial charge in [-0.1, -0.05) is 31.2 Å². The number of hydrogen-bond donors (Lipinski definition) is 2. The lowest BCUT2D eigenvalue weighted by atomic mass is 10.1. The number of hydrogen-bond acceptors (Lipinski definition) is 2. The van der Waals surface area contributed by atoms with Gasteiger partial charge in [-0.05, 0) is 31.4 Å². The Bertz CT molecular complexity index is 410. The van der Waals surface area contributed by atoms with E-state index in [2.05, 4.69) is 41.6 Å². The van der Waals surface area contributed by atoms with Crippen molar-refractivity contribution < 1.29 is 4.74 Å². The Morgan fingerprint density at radius 2 is 1.81 bits per heavy atom. The van der Waals surface area contributed by atoms with Gasteiger partial charge < -0.3 is 15.4 Å². The SMILES string of the molecule is CCCNC(=NCc1ccccc1COCC)NCC.I. The molecule has 0 aromatic heterocycles. The van der Waals surface area contributed by atoms with Crippen LogP contribution in [0, 0.1) is 0 Å². The summed E-state index contributed by atoms with van der Waals surface area (Å²) in [5.41, 5.74) is 2.43. The van der Waals surface area contributed by atoms with E-state index < -0.39 is 0 Å². The van der Waals surface area contributed by atoms with Gasteiger partial charge in [0.2, 0.25) is 0 Å². The third-order valence-electron chi connectivity index (χ3n) is 2.87. The molecule has 0 amide bonds. The van der Waals surface area contributed by atoms with Crippen LogP contribution >= 0.6 is 24.0 Å². The lowest BCUT2D eigenvalue weighted by Crippen LogP contribution is -2.37. The van der Waals surface area contributed by atoms with Gasteiger partial charge in [0.1, 0.15) is 0 Å². The van der Waals surface area contributed by atoms with Gasteiger partial charge in [-0.3, -0.25) is 0 Å². The molecule has 0 fully saturated rings. The summed E-state index contributed by atoms with van der Waals surface area (Å²) >= 11 is 0. The van der Waals surface area contributed by atoms with Crippen LogP contribution in [0.5, 0.6) is 0 Å². The highest BCUT2D eigenvalue weighted by molar-refractivity contribution is 14.0.